The number of unbranched alkanes of at least 4 members (excludes halogenated alkanes) is 23. The lowest BCUT2D eigenvalue weighted by atomic mass is 9.85. The minimum atomic E-state index is -5.79. The molecule has 69 heavy (non-hydrogen) atoms. The number of hydrogen-bond donors (Lipinski definition) is 9. The van der Waals surface area contributed by atoms with Gasteiger partial charge < -0.3 is 53.9 Å². The molecule has 1 saturated carbocycles. The van der Waals surface area contributed by atoms with Gasteiger partial charge in [0, 0.05) is 12.8 Å². The first-order valence-electron chi connectivity index (χ1n) is 24.7. The highest BCUT2D eigenvalue weighted by Gasteiger charge is 2.59. The van der Waals surface area contributed by atoms with Crippen LogP contribution in [0.2, 0.25) is 0 Å². The third kappa shape index (κ3) is 35.0. The smallest absolute Gasteiger partial charge is 0.462 e. The van der Waals surface area contributed by atoms with Crippen LogP contribution in [0.4, 0.5) is 0 Å². The van der Waals surface area contributed by atoms with Gasteiger partial charge in [-0.05, 0) is 38.5 Å². The van der Waals surface area contributed by atoms with Gasteiger partial charge in [-0.1, -0.05) is 154 Å². The van der Waals surface area contributed by atoms with Crippen LogP contribution in [0, 0.1) is 0 Å². The zero-order valence-electron chi connectivity index (χ0n) is 40.5. The first kappa shape index (κ1) is 66.1. The fourth-order valence-corrected chi connectivity index (χ4v) is 10.4. The van der Waals surface area contributed by atoms with Crippen LogP contribution in [0.5, 0.6) is 0 Å². The van der Waals surface area contributed by atoms with Crippen LogP contribution in [0.15, 0.2) is 12.2 Å². The number of esters is 2. The number of carbonyl (C=O) groups is 2. The lowest BCUT2D eigenvalue weighted by Gasteiger charge is -2.45. The van der Waals surface area contributed by atoms with E-state index in [1.807, 2.05) is 0 Å². The molecule has 0 aromatic carbocycles. The summed E-state index contributed by atoms with van der Waals surface area (Å²) in [5, 5.41) is 21.8. The summed E-state index contributed by atoms with van der Waals surface area (Å²) in [5.74, 6) is -1.40. The molecule has 0 amide bonds. The molecule has 0 radical (unpaired) electrons. The van der Waals surface area contributed by atoms with Crippen molar-refractivity contribution < 1.29 is 104 Å². The van der Waals surface area contributed by atoms with Crippen LogP contribution >= 0.6 is 31.3 Å². The zero-order chi connectivity index (χ0) is 51.8. The number of phosphoric ester groups is 4. The van der Waals surface area contributed by atoms with E-state index < -0.39 is 99.2 Å². The lowest BCUT2D eigenvalue weighted by molar-refractivity contribution is -0.209. The van der Waals surface area contributed by atoms with Gasteiger partial charge >= 0.3 is 43.2 Å². The highest BCUT2D eigenvalue weighted by molar-refractivity contribution is 7.47. The molecular formula is C43H84O22P4. The van der Waals surface area contributed by atoms with Crippen molar-refractivity contribution in [2.45, 2.75) is 236 Å². The van der Waals surface area contributed by atoms with Crippen molar-refractivity contribution in [3.8, 4) is 0 Å². The molecule has 26 heteroatoms. The SMILES string of the molecule is CCCCCCCCC=CCCCCCCCC(=O)OC(COC(=O)CCCCCCCCCCCCCCC)COP(=O)(O)OC1C(O)C(OP(=O)(O)O)C(OP(=O)(O)O)C(OP(=O)(O)O)C1O. The summed E-state index contributed by atoms with van der Waals surface area (Å²) < 4.78 is 82.1. The molecule has 1 rings (SSSR count). The number of aliphatic hydroxyl groups is 2. The van der Waals surface area contributed by atoms with Gasteiger partial charge in [0.15, 0.2) is 6.10 Å². The summed E-state index contributed by atoms with van der Waals surface area (Å²) in [6.45, 7) is 2.75. The molecular weight excluding hydrogens is 992 g/mol. The predicted octanol–water partition coefficient (Wildman–Crippen LogP) is 8.63. The molecule has 0 bridgehead atoms. The van der Waals surface area contributed by atoms with Gasteiger partial charge in [0.25, 0.3) is 0 Å². The van der Waals surface area contributed by atoms with Gasteiger partial charge in [-0.3, -0.25) is 32.2 Å². The van der Waals surface area contributed by atoms with Crippen molar-refractivity contribution in [3.63, 3.8) is 0 Å². The second-order valence-electron chi connectivity index (χ2n) is 17.6. The maximum atomic E-state index is 13.3. The Morgan fingerprint density at radius 1 is 0.449 bits per heavy atom. The molecule has 6 unspecified atom stereocenters. The van der Waals surface area contributed by atoms with E-state index in [-0.39, 0.29) is 12.8 Å². The Labute approximate surface area is 408 Å². The maximum Gasteiger partial charge on any atom is 0.472 e. The third-order valence-electron chi connectivity index (χ3n) is 11.3. The molecule has 0 aromatic heterocycles. The Kier molecular flexibility index (Phi) is 35.3. The monoisotopic (exact) mass is 1080 g/mol. The molecule has 0 aliphatic heterocycles. The summed E-state index contributed by atoms with van der Waals surface area (Å²) in [4.78, 5) is 92.8. The lowest BCUT2D eigenvalue weighted by Crippen LogP contribution is -2.65. The van der Waals surface area contributed by atoms with E-state index in [0.29, 0.717) is 19.3 Å². The number of rotatable bonds is 43. The minimum absolute atomic E-state index is 0.0374. The first-order valence-corrected chi connectivity index (χ1v) is 30.8. The van der Waals surface area contributed by atoms with E-state index in [0.717, 1.165) is 64.2 Å². The largest absolute Gasteiger partial charge is 0.472 e. The van der Waals surface area contributed by atoms with Crippen molar-refractivity contribution >= 4 is 43.2 Å². The average Bonchev–Trinajstić information content (AvgIpc) is 3.25. The molecule has 1 aliphatic rings. The summed E-state index contributed by atoms with van der Waals surface area (Å²) in [6.07, 6.45) is 14.2. The normalized spacial score (nSPS) is 21.6. The highest BCUT2D eigenvalue weighted by atomic mass is 31.2. The molecule has 0 spiro atoms. The molecule has 9 N–H and O–H groups in total. The van der Waals surface area contributed by atoms with E-state index in [1.165, 1.54) is 83.5 Å². The number of hydrogen-bond acceptors (Lipinski definition) is 15. The molecule has 1 aliphatic carbocycles. The van der Waals surface area contributed by atoms with Gasteiger partial charge in [0.1, 0.15) is 43.2 Å². The van der Waals surface area contributed by atoms with Crippen molar-refractivity contribution in [2.75, 3.05) is 13.2 Å². The predicted molar refractivity (Wildman–Crippen MR) is 254 cm³/mol. The second-order valence-corrected chi connectivity index (χ2v) is 22.6. The van der Waals surface area contributed by atoms with Crippen LogP contribution < -0.4 is 0 Å². The number of phosphoric acid groups is 4. The quantitative estimate of drug-likeness (QED) is 0.0119. The van der Waals surface area contributed by atoms with Crippen LogP contribution in [-0.4, -0.2) is 112 Å². The highest BCUT2D eigenvalue weighted by Crippen LogP contribution is 2.53. The average molecular weight is 1080 g/mol. The van der Waals surface area contributed by atoms with Gasteiger partial charge in [-0.25, -0.2) is 18.3 Å². The number of allylic oxidation sites excluding steroid dienone is 2. The minimum Gasteiger partial charge on any atom is -0.462 e. The Bertz CT molecular complexity index is 1560. The van der Waals surface area contributed by atoms with E-state index in [2.05, 4.69) is 39.6 Å². The van der Waals surface area contributed by atoms with Gasteiger partial charge in [0.2, 0.25) is 0 Å². The molecule has 6 atom stereocenters. The van der Waals surface area contributed by atoms with Crippen molar-refractivity contribution in [2.24, 2.45) is 0 Å². The zero-order valence-corrected chi connectivity index (χ0v) is 44.1. The summed E-state index contributed by atoms with van der Waals surface area (Å²) in [6, 6.07) is 0. The standard InChI is InChI=1S/C43H84O22P4/c1-3-5-7-9-11-13-15-17-18-20-22-24-26-28-30-32-37(45)61-35(33-59-36(44)31-29-27-25-23-21-19-16-14-12-10-8-6-4-2)34-60-69(57,58)65-40-38(46)41(62-66(48,49)50)43(64-68(54,55)56)42(39(40)47)63-67(51,52)53/h17-18,35,38-43,46-47H,3-16,19-34H2,1-2H3,(H,57,58)(H2,48,49,50)(H2,51,52,53)(H2,54,55,56). The number of ether oxygens (including phenoxy) is 2. The summed E-state index contributed by atoms with van der Waals surface area (Å²) in [5.41, 5.74) is 0. The van der Waals surface area contributed by atoms with Crippen LogP contribution in [0.1, 0.15) is 194 Å². The van der Waals surface area contributed by atoms with E-state index >= 15 is 0 Å². The van der Waals surface area contributed by atoms with Crippen LogP contribution in [-0.2, 0) is 59.9 Å². The Morgan fingerprint density at radius 2 is 0.797 bits per heavy atom. The van der Waals surface area contributed by atoms with Crippen molar-refractivity contribution in [1.29, 1.82) is 0 Å². The van der Waals surface area contributed by atoms with Crippen LogP contribution in [0.3, 0.4) is 0 Å². The molecule has 1 fully saturated rings. The fraction of sp³-hybridized carbons (Fsp3) is 0.907. The summed E-state index contributed by atoms with van der Waals surface area (Å²) in [7, 11) is -23.0. The molecule has 22 nitrogen and oxygen atoms in total. The van der Waals surface area contributed by atoms with E-state index in [9.17, 15) is 72.3 Å². The second kappa shape index (κ2) is 36.9. The van der Waals surface area contributed by atoms with Gasteiger partial charge in [-0.15, -0.1) is 0 Å². The number of carbonyl (C=O) groups excluding carboxylic acids is 2. The van der Waals surface area contributed by atoms with Crippen molar-refractivity contribution in [1.82, 2.24) is 0 Å². The Balaban J connectivity index is 2.90. The van der Waals surface area contributed by atoms with E-state index in [4.69, 9.17) is 18.5 Å². The fourth-order valence-electron chi connectivity index (χ4n) is 7.72. The molecule has 0 saturated heterocycles. The molecule has 408 valence electrons. The number of aliphatic hydroxyl groups excluding tert-OH is 2. The first-order chi connectivity index (χ1) is 32.5. The van der Waals surface area contributed by atoms with Gasteiger partial charge in [0.05, 0.1) is 6.61 Å². The van der Waals surface area contributed by atoms with Crippen molar-refractivity contribution in [3.05, 3.63) is 12.2 Å². The van der Waals surface area contributed by atoms with E-state index in [1.54, 1.807) is 0 Å². The Hall–Kier alpha value is -0.960. The molecule has 0 heterocycles. The topological polar surface area (TPSA) is 349 Å². The summed E-state index contributed by atoms with van der Waals surface area (Å²) >= 11 is 0. The molecule has 0 aromatic rings. The van der Waals surface area contributed by atoms with Gasteiger partial charge in [-0.2, -0.15) is 0 Å². The third-order valence-corrected chi connectivity index (χ3v) is 13.8. The Morgan fingerprint density at radius 3 is 1.19 bits per heavy atom. The van der Waals surface area contributed by atoms with Crippen LogP contribution in [0.25, 0.3) is 0 Å². The maximum absolute atomic E-state index is 13.3.